The average Bonchev–Trinajstić information content (AvgIpc) is 2.58. The molecule has 1 saturated heterocycles. The maximum Gasteiger partial charge on any atom is 0.243 e. The van der Waals surface area contributed by atoms with Gasteiger partial charge in [-0.25, -0.2) is 0 Å². The van der Waals surface area contributed by atoms with Crippen LogP contribution in [0.5, 0.6) is 0 Å². The maximum atomic E-state index is 12.9. The summed E-state index contributed by atoms with van der Waals surface area (Å²) in [5, 5.41) is 9.62. The maximum absolute atomic E-state index is 12.9. The van der Waals surface area contributed by atoms with Crippen molar-refractivity contribution in [3.05, 3.63) is 0 Å². The number of nitriles is 1. The van der Waals surface area contributed by atoms with Crippen LogP contribution in [-0.4, -0.2) is 23.9 Å². The van der Waals surface area contributed by atoms with Crippen molar-refractivity contribution in [2.45, 2.75) is 72.6 Å². The first-order chi connectivity index (χ1) is 9.40. The van der Waals surface area contributed by atoms with Crippen molar-refractivity contribution < 1.29 is 4.79 Å². The first-order valence-corrected chi connectivity index (χ1v) is 8.11. The number of carbonyl (C=O) groups is 1. The molecule has 20 heavy (non-hydrogen) atoms. The standard InChI is InChI=1S/C17H30N2O/c1-5-8-17(14-18,9-6-2)15(20)19-12-7-10-16(3,4)11-13-19/h5-13H2,1-4H3. The lowest BCUT2D eigenvalue weighted by atomic mass is 9.79. The van der Waals surface area contributed by atoms with Crippen LogP contribution in [0.3, 0.4) is 0 Å². The highest BCUT2D eigenvalue weighted by Gasteiger charge is 2.40. The van der Waals surface area contributed by atoms with E-state index in [0.717, 1.165) is 45.2 Å². The minimum atomic E-state index is -0.780. The Labute approximate surface area is 124 Å². The SMILES string of the molecule is CCCC(C#N)(CCC)C(=O)N1CCCC(C)(C)CC1. The van der Waals surface area contributed by atoms with Gasteiger partial charge < -0.3 is 4.90 Å². The van der Waals surface area contributed by atoms with Crippen molar-refractivity contribution >= 4 is 5.91 Å². The number of likely N-dealkylation sites (tertiary alicyclic amines) is 1. The smallest absolute Gasteiger partial charge is 0.243 e. The molecule has 114 valence electrons. The largest absolute Gasteiger partial charge is 0.341 e. The van der Waals surface area contributed by atoms with Gasteiger partial charge in [0.2, 0.25) is 5.91 Å². The van der Waals surface area contributed by atoms with Crippen LogP contribution in [0.25, 0.3) is 0 Å². The van der Waals surface area contributed by atoms with Crippen molar-refractivity contribution in [2.24, 2.45) is 10.8 Å². The molecular weight excluding hydrogens is 248 g/mol. The first-order valence-electron chi connectivity index (χ1n) is 8.11. The third-order valence-electron chi connectivity index (χ3n) is 4.60. The Bertz CT molecular complexity index is 362. The summed E-state index contributed by atoms with van der Waals surface area (Å²) in [6, 6.07) is 2.36. The summed E-state index contributed by atoms with van der Waals surface area (Å²) in [6.07, 6.45) is 6.41. The number of rotatable bonds is 5. The quantitative estimate of drug-likeness (QED) is 0.758. The molecule has 1 fully saturated rings. The van der Waals surface area contributed by atoms with Gasteiger partial charge >= 0.3 is 0 Å². The van der Waals surface area contributed by atoms with Gasteiger partial charge in [0.25, 0.3) is 0 Å². The summed E-state index contributed by atoms with van der Waals surface area (Å²) in [4.78, 5) is 14.9. The third kappa shape index (κ3) is 3.98. The van der Waals surface area contributed by atoms with E-state index in [1.807, 2.05) is 4.90 Å². The van der Waals surface area contributed by atoms with Crippen LogP contribution in [0.1, 0.15) is 72.6 Å². The summed E-state index contributed by atoms with van der Waals surface area (Å²) in [7, 11) is 0. The van der Waals surface area contributed by atoms with E-state index in [4.69, 9.17) is 0 Å². The molecule has 0 radical (unpaired) electrons. The van der Waals surface area contributed by atoms with Crippen molar-refractivity contribution in [1.82, 2.24) is 4.90 Å². The van der Waals surface area contributed by atoms with Crippen molar-refractivity contribution in [3.63, 3.8) is 0 Å². The highest BCUT2D eigenvalue weighted by Crippen LogP contribution is 2.35. The second-order valence-corrected chi connectivity index (χ2v) is 7.00. The predicted molar refractivity (Wildman–Crippen MR) is 82.1 cm³/mol. The van der Waals surface area contributed by atoms with Crippen LogP contribution in [0, 0.1) is 22.2 Å². The van der Waals surface area contributed by atoms with Crippen molar-refractivity contribution in [1.29, 1.82) is 5.26 Å². The van der Waals surface area contributed by atoms with Crippen LogP contribution in [0.4, 0.5) is 0 Å². The minimum absolute atomic E-state index is 0.0846. The van der Waals surface area contributed by atoms with Gasteiger partial charge in [0.05, 0.1) is 6.07 Å². The van der Waals surface area contributed by atoms with Gasteiger partial charge in [-0.1, -0.05) is 40.5 Å². The lowest BCUT2D eigenvalue weighted by Crippen LogP contribution is -2.44. The van der Waals surface area contributed by atoms with Gasteiger partial charge in [-0.05, 0) is 37.5 Å². The molecule has 0 spiro atoms. The topological polar surface area (TPSA) is 44.1 Å². The van der Waals surface area contributed by atoms with Crippen LogP contribution in [-0.2, 0) is 4.79 Å². The van der Waals surface area contributed by atoms with Gasteiger partial charge in [0.1, 0.15) is 5.41 Å². The summed E-state index contributed by atoms with van der Waals surface area (Å²) >= 11 is 0. The van der Waals surface area contributed by atoms with E-state index in [1.54, 1.807) is 0 Å². The van der Waals surface area contributed by atoms with Crippen molar-refractivity contribution in [2.75, 3.05) is 13.1 Å². The monoisotopic (exact) mass is 278 g/mol. The van der Waals surface area contributed by atoms with Gasteiger partial charge in [0, 0.05) is 13.1 Å². The highest BCUT2D eigenvalue weighted by molar-refractivity contribution is 5.85. The van der Waals surface area contributed by atoms with Gasteiger partial charge in [-0.15, -0.1) is 0 Å². The van der Waals surface area contributed by atoms with Gasteiger partial charge in [-0.3, -0.25) is 4.79 Å². The second-order valence-electron chi connectivity index (χ2n) is 7.00. The first kappa shape index (κ1) is 17.0. The zero-order chi connectivity index (χ0) is 15.2. The number of carbonyl (C=O) groups excluding carboxylic acids is 1. The fourth-order valence-corrected chi connectivity index (χ4v) is 3.28. The van der Waals surface area contributed by atoms with E-state index in [0.29, 0.717) is 18.3 Å². The summed E-state index contributed by atoms with van der Waals surface area (Å²) in [5.41, 5.74) is -0.460. The Morgan fingerprint density at radius 2 is 1.80 bits per heavy atom. The molecule has 0 N–H and O–H groups in total. The molecule has 3 heteroatoms. The number of nitrogens with zero attached hydrogens (tertiary/aromatic N) is 2. The van der Waals surface area contributed by atoms with E-state index in [9.17, 15) is 10.1 Å². The molecular formula is C17H30N2O. The Balaban J connectivity index is 2.87. The Morgan fingerprint density at radius 1 is 1.20 bits per heavy atom. The number of hydrogen-bond acceptors (Lipinski definition) is 2. The molecule has 0 aliphatic carbocycles. The molecule has 0 saturated carbocycles. The van der Waals surface area contributed by atoms with E-state index < -0.39 is 5.41 Å². The fourth-order valence-electron chi connectivity index (χ4n) is 3.28. The number of amides is 1. The molecule has 1 heterocycles. The Hall–Kier alpha value is -1.04. The summed E-state index contributed by atoms with van der Waals surface area (Å²) in [5.74, 6) is 0.0846. The summed E-state index contributed by atoms with van der Waals surface area (Å²) < 4.78 is 0. The van der Waals surface area contributed by atoms with Gasteiger partial charge in [-0.2, -0.15) is 5.26 Å². The lowest BCUT2D eigenvalue weighted by molar-refractivity contribution is -0.139. The van der Waals surface area contributed by atoms with E-state index in [-0.39, 0.29) is 5.91 Å². The third-order valence-corrected chi connectivity index (χ3v) is 4.60. The van der Waals surface area contributed by atoms with Crippen LogP contribution in [0.2, 0.25) is 0 Å². The summed E-state index contributed by atoms with van der Waals surface area (Å²) in [6.45, 7) is 10.3. The second kappa shape index (κ2) is 7.11. The zero-order valence-electron chi connectivity index (χ0n) is 13.7. The Morgan fingerprint density at radius 3 is 2.30 bits per heavy atom. The normalized spacial score (nSPS) is 19.2. The molecule has 1 rings (SSSR count). The fraction of sp³-hybridized carbons (Fsp3) is 0.882. The molecule has 1 aliphatic rings. The zero-order valence-corrected chi connectivity index (χ0v) is 13.7. The van der Waals surface area contributed by atoms with E-state index in [2.05, 4.69) is 33.8 Å². The predicted octanol–water partition coefficient (Wildman–Crippen LogP) is 4.14. The highest BCUT2D eigenvalue weighted by atomic mass is 16.2. The molecule has 1 aliphatic heterocycles. The van der Waals surface area contributed by atoms with E-state index >= 15 is 0 Å². The molecule has 1 amide bonds. The molecule has 0 bridgehead atoms. The van der Waals surface area contributed by atoms with Crippen LogP contribution < -0.4 is 0 Å². The van der Waals surface area contributed by atoms with E-state index in [1.165, 1.54) is 0 Å². The average molecular weight is 278 g/mol. The minimum Gasteiger partial charge on any atom is -0.341 e. The van der Waals surface area contributed by atoms with Crippen molar-refractivity contribution in [3.8, 4) is 6.07 Å². The van der Waals surface area contributed by atoms with Crippen LogP contribution in [0.15, 0.2) is 0 Å². The molecule has 0 aromatic heterocycles. The molecule has 0 unspecified atom stereocenters. The molecule has 3 nitrogen and oxygen atoms in total. The molecule has 0 aromatic rings. The molecule has 0 aromatic carbocycles. The lowest BCUT2D eigenvalue weighted by Gasteiger charge is -2.32. The van der Waals surface area contributed by atoms with Gasteiger partial charge in [0.15, 0.2) is 0 Å². The number of hydrogen-bond donors (Lipinski definition) is 0. The molecule has 0 atom stereocenters. The van der Waals surface area contributed by atoms with Crippen LogP contribution >= 0.6 is 0 Å². The Kier molecular flexibility index (Phi) is 6.05.